The van der Waals surface area contributed by atoms with Gasteiger partial charge in [-0.25, -0.2) is 0 Å². The van der Waals surface area contributed by atoms with Crippen LogP contribution < -0.4 is 0 Å². The summed E-state index contributed by atoms with van der Waals surface area (Å²) in [6, 6.07) is 0. The van der Waals surface area contributed by atoms with Crippen molar-refractivity contribution in [3.63, 3.8) is 0 Å². The Bertz CT molecular complexity index is 137. The van der Waals surface area contributed by atoms with E-state index in [2.05, 4.69) is 47.8 Å². The van der Waals surface area contributed by atoms with Gasteiger partial charge < -0.3 is 0 Å². The topological polar surface area (TPSA) is 0 Å². The fourth-order valence-corrected chi connectivity index (χ4v) is 4.19. The molecule has 0 spiro atoms. The lowest BCUT2D eigenvalue weighted by Crippen LogP contribution is -2.14. The van der Waals surface area contributed by atoms with Crippen molar-refractivity contribution in [2.75, 3.05) is 12.3 Å². The molecule has 0 heterocycles. The Kier molecular flexibility index (Phi) is 3.97. The van der Waals surface area contributed by atoms with Gasteiger partial charge in [-0.15, -0.1) is 0 Å². The molecule has 0 rings (SSSR count). The van der Waals surface area contributed by atoms with Gasteiger partial charge in [0.2, 0.25) is 0 Å². The molecule has 0 saturated heterocycles. The first-order valence-electron chi connectivity index (χ1n) is 4.66. The predicted molar refractivity (Wildman–Crippen MR) is 62.7 cm³/mol. The first-order chi connectivity index (χ1) is 5.10. The summed E-state index contributed by atoms with van der Waals surface area (Å²) >= 11 is 0. The Hall–Kier alpha value is 0.170. The van der Waals surface area contributed by atoms with E-state index in [1.807, 2.05) is 0 Å². The summed E-state index contributed by atoms with van der Waals surface area (Å²) in [4.78, 5) is 0. The second-order valence-corrected chi connectivity index (χ2v) is 8.08. The minimum atomic E-state index is -0.00669. The van der Waals surface area contributed by atoms with Crippen LogP contribution in [0.2, 0.25) is 0 Å². The lowest BCUT2D eigenvalue weighted by Gasteiger charge is -2.17. The fraction of sp³-hybridized carbons (Fsp3) is 0.909. The smallest absolute Gasteiger partial charge is 0.0562 e. The molecule has 0 saturated carbocycles. The molecule has 0 atom stereocenters. The van der Waals surface area contributed by atoms with Gasteiger partial charge in [0.25, 0.3) is 0 Å². The van der Waals surface area contributed by atoms with Crippen LogP contribution in [0.15, 0.2) is 0 Å². The van der Waals surface area contributed by atoms with Gasteiger partial charge in [0, 0.05) is 10.8 Å². The SMILES string of the molecule is C=[P+](CC(C)(C)C)CC(C)(C)C. The van der Waals surface area contributed by atoms with E-state index >= 15 is 0 Å². The zero-order valence-electron chi connectivity index (χ0n) is 9.57. The molecule has 12 heavy (non-hydrogen) atoms. The molecule has 0 aliphatic carbocycles. The summed E-state index contributed by atoms with van der Waals surface area (Å²) in [6.07, 6.45) is 6.86. The number of hydrogen-bond acceptors (Lipinski definition) is 0. The molecule has 0 aliphatic heterocycles. The van der Waals surface area contributed by atoms with Crippen molar-refractivity contribution in [2.24, 2.45) is 10.8 Å². The Balaban J connectivity index is 3.92. The molecule has 0 N–H and O–H groups in total. The number of rotatable bonds is 2. The minimum absolute atomic E-state index is 0.00669. The Morgan fingerprint density at radius 3 is 1.25 bits per heavy atom. The van der Waals surface area contributed by atoms with E-state index in [-0.39, 0.29) is 7.55 Å². The highest BCUT2D eigenvalue weighted by atomic mass is 31.1. The van der Waals surface area contributed by atoms with Crippen molar-refractivity contribution in [3.05, 3.63) is 0 Å². The van der Waals surface area contributed by atoms with Gasteiger partial charge in [0.15, 0.2) is 0 Å². The monoisotopic (exact) mass is 187 g/mol. The van der Waals surface area contributed by atoms with Crippen LogP contribution in [0.3, 0.4) is 0 Å². The van der Waals surface area contributed by atoms with Crippen LogP contribution in [0.25, 0.3) is 0 Å². The van der Waals surface area contributed by atoms with Crippen LogP contribution in [-0.4, -0.2) is 18.6 Å². The maximum atomic E-state index is 4.27. The van der Waals surface area contributed by atoms with Gasteiger partial charge >= 0.3 is 0 Å². The van der Waals surface area contributed by atoms with Crippen LogP contribution in [0, 0.1) is 10.8 Å². The highest BCUT2D eigenvalue weighted by molar-refractivity contribution is 7.55. The van der Waals surface area contributed by atoms with Crippen molar-refractivity contribution in [1.29, 1.82) is 0 Å². The molecule has 0 amide bonds. The van der Waals surface area contributed by atoms with Crippen molar-refractivity contribution in [1.82, 2.24) is 0 Å². The summed E-state index contributed by atoms with van der Waals surface area (Å²) in [5.41, 5.74) is 0.914. The van der Waals surface area contributed by atoms with Gasteiger partial charge in [0.1, 0.15) is 12.3 Å². The molecule has 0 aliphatic rings. The standard InChI is InChI=1S/C11H24P/c1-10(2,3)8-12(7)9-11(4,5)6/h7-9H2,1-6H3/q+1. The van der Waals surface area contributed by atoms with E-state index in [0.717, 1.165) is 0 Å². The molecule has 0 bridgehead atoms. The summed E-state index contributed by atoms with van der Waals surface area (Å²) in [5, 5.41) is 0. The van der Waals surface area contributed by atoms with Gasteiger partial charge in [-0.2, -0.15) is 0 Å². The zero-order chi connectivity index (χ0) is 9.99. The molecule has 0 radical (unpaired) electrons. The third-order valence-electron chi connectivity index (χ3n) is 1.40. The summed E-state index contributed by atoms with van der Waals surface area (Å²) in [6.45, 7) is 13.8. The molecule has 0 aromatic carbocycles. The lowest BCUT2D eigenvalue weighted by molar-refractivity contribution is 0.461. The Labute approximate surface area is 79.1 Å². The van der Waals surface area contributed by atoms with E-state index in [9.17, 15) is 0 Å². The van der Waals surface area contributed by atoms with Crippen LogP contribution in [-0.2, 0) is 0 Å². The quantitative estimate of drug-likeness (QED) is 0.573. The Morgan fingerprint density at radius 2 is 1.08 bits per heavy atom. The van der Waals surface area contributed by atoms with E-state index < -0.39 is 0 Å². The van der Waals surface area contributed by atoms with Crippen molar-refractivity contribution >= 4 is 13.8 Å². The van der Waals surface area contributed by atoms with Crippen LogP contribution >= 0.6 is 7.55 Å². The second kappa shape index (κ2) is 3.92. The number of hydrogen-bond donors (Lipinski definition) is 0. The third kappa shape index (κ3) is 8.27. The molecule has 0 aromatic heterocycles. The van der Waals surface area contributed by atoms with Crippen molar-refractivity contribution in [2.45, 2.75) is 41.5 Å². The molecule has 1 heteroatoms. The second-order valence-electron chi connectivity index (χ2n) is 6.11. The van der Waals surface area contributed by atoms with Gasteiger partial charge in [-0.05, 0) is 0 Å². The summed E-state index contributed by atoms with van der Waals surface area (Å²) in [7, 11) is -0.00669. The molecule has 0 aromatic rings. The van der Waals surface area contributed by atoms with Gasteiger partial charge in [0.05, 0.1) is 13.8 Å². The molecule has 0 nitrogen and oxygen atoms in total. The first-order valence-corrected chi connectivity index (χ1v) is 6.55. The third-order valence-corrected chi connectivity index (χ3v) is 4.19. The lowest BCUT2D eigenvalue weighted by atomic mass is 10.0. The highest BCUT2D eigenvalue weighted by Crippen LogP contribution is 2.36. The summed E-state index contributed by atoms with van der Waals surface area (Å²) < 4.78 is 0. The Morgan fingerprint density at radius 1 is 0.833 bits per heavy atom. The van der Waals surface area contributed by atoms with Crippen LogP contribution in [0.5, 0.6) is 0 Å². The maximum Gasteiger partial charge on any atom is 0.110 e. The van der Waals surface area contributed by atoms with Crippen LogP contribution in [0.4, 0.5) is 0 Å². The summed E-state index contributed by atoms with van der Waals surface area (Å²) in [5.74, 6) is 0. The normalized spacial score (nSPS) is 13.2. The van der Waals surface area contributed by atoms with E-state index in [1.54, 1.807) is 0 Å². The molecular weight excluding hydrogens is 163 g/mol. The largest absolute Gasteiger partial charge is 0.110 e. The molecule has 0 fully saturated rings. The van der Waals surface area contributed by atoms with Crippen LogP contribution in [0.1, 0.15) is 41.5 Å². The van der Waals surface area contributed by atoms with E-state index in [0.29, 0.717) is 10.8 Å². The van der Waals surface area contributed by atoms with Crippen molar-refractivity contribution < 1.29 is 0 Å². The zero-order valence-corrected chi connectivity index (χ0v) is 10.5. The average Bonchev–Trinajstić information content (AvgIpc) is 1.49. The highest BCUT2D eigenvalue weighted by Gasteiger charge is 2.24. The van der Waals surface area contributed by atoms with Crippen molar-refractivity contribution in [3.8, 4) is 0 Å². The minimum Gasteiger partial charge on any atom is -0.0562 e. The van der Waals surface area contributed by atoms with Gasteiger partial charge in [-0.1, -0.05) is 41.5 Å². The average molecular weight is 187 g/mol. The fourth-order valence-electron chi connectivity index (χ4n) is 1.40. The molecular formula is C11H24P+. The van der Waals surface area contributed by atoms with Gasteiger partial charge in [-0.3, -0.25) is 0 Å². The van der Waals surface area contributed by atoms with E-state index in [1.165, 1.54) is 12.3 Å². The molecule has 72 valence electrons. The predicted octanol–water partition coefficient (Wildman–Crippen LogP) is 3.99. The van der Waals surface area contributed by atoms with E-state index in [4.69, 9.17) is 0 Å². The maximum absolute atomic E-state index is 4.27. The first kappa shape index (κ1) is 12.2. The molecule has 0 unspecified atom stereocenters.